The number of hydrogen-bond acceptors (Lipinski definition) is 5. The fourth-order valence-electron chi connectivity index (χ4n) is 2.17. The first kappa shape index (κ1) is 22.1. The number of carbonyl (C=O) groups is 2. The molecular formula is C17H19F4N3O3. The van der Waals surface area contributed by atoms with Crippen molar-refractivity contribution in [3.63, 3.8) is 0 Å². The van der Waals surface area contributed by atoms with E-state index in [1.807, 2.05) is 0 Å². The van der Waals surface area contributed by atoms with Crippen molar-refractivity contribution in [3.05, 3.63) is 40.7 Å². The van der Waals surface area contributed by atoms with Crippen LogP contribution in [0.5, 0.6) is 0 Å². The maximum absolute atomic E-state index is 13.9. The van der Waals surface area contributed by atoms with Crippen molar-refractivity contribution in [3.8, 4) is 0 Å². The zero-order chi connectivity index (χ0) is 20.6. The Hall–Kier alpha value is -2.91. The number of esters is 1. The number of amides is 1. The van der Waals surface area contributed by atoms with Crippen LogP contribution in [0.3, 0.4) is 0 Å². The van der Waals surface area contributed by atoms with Gasteiger partial charge in [0.25, 0.3) is 5.91 Å². The summed E-state index contributed by atoms with van der Waals surface area (Å²) in [4.78, 5) is 23.1. The maximum atomic E-state index is 13.9. The van der Waals surface area contributed by atoms with E-state index in [1.165, 1.54) is 14.0 Å². The summed E-state index contributed by atoms with van der Waals surface area (Å²) in [6.07, 6.45) is -4.83. The van der Waals surface area contributed by atoms with Gasteiger partial charge >= 0.3 is 12.1 Å². The summed E-state index contributed by atoms with van der Waals surface area (Å²) in [5.74, 6) is -2.25. The van der Waals surface area contributed by atoms with Crippen molar-refractivity contribution in [1.82, 2.24) is 10.6 Å². The predicted molar refractivity (Wildman–Crippen MR) is 90.8 cm³/mol. The van der Waals surface area contributed by atoms with Crippen LogP contribution in [-0.2, 0) is 9.53 Å². The van der Waals surface area contributed by atoms with Crippen LogP contribution in [0.4, 0.5) is 17.6 Å². The van der Waals surface area contributed by atoms with Crippen molar-refractivity contribution >= 4 is 23.8 Å². The van der Waals surface area contributed by atoms with E-state index in [2.05, 4.69) is 15.4 Å². The molecule has 0 saturated heterocycles. The van der Waals surface area contributed by atoms with Gasteiger partial charge in [0.15, 0.2) is 0 Å². The first-order chi connectivity index (χ1) is 12.6. The molecule has 0 atom stereocenters. The molecule has 0 aliphatic heterocycles. The van der Waals surface area contributed by atoms with Crippen molar-refractivity contribution in [2.75, 3.05) is 20.2 Å². The lowest BCUT2D eigenvalue weighted by atomic mass is 10.0. The minimum absolute atomic E-state index is 0.0818. The Labute approximate surface area is 153 Å². The van der Waals surface area contributed by atoms with Crippen molar-refractivity contribution in [2.24, 2.45) is 0 Å². The Bertz CT molecular complexity index is 745. The first-order valence-corrected chi connectivity index (χ1v) is 7.85. The number of nitrogens with one attached hydrogen (secondary N) is 3. The Morgan fingerprint density at radius 2 is 1.81 bits per heavy atom. The smallest absolute Gasteiger partial charge is 0.419 e. The van der Waals surface area contributed by atoms with Gasteiger partial charge in [0.1, 0.15) is 5.82 Å². The number of carbonyl (C=O) groups excluding carboxylic acids is 2. The van der Waals surface area contributed by atoms with Crippen molar-refractivity contribution in [1.29, 1.82) is 5.41 Å². The molecule has 1 aromatic carbocycles. The van der Waals surface area contributed by atoms with Crippen LogP contribution in [0, 0.1) is 11.2 Å². The Morgan fingerprint density at radius 1 is 1.19 bits per heavy atom. The summed E-state index contributed by atoms with van der Waals surface area (Å²) in [7, 11) is 1.18. The zero-order valence-electron chi connectivity index (χ0n) is 14.7. The van der Waals surface area contributed by atoms with Crippen molar-refractivity contribution < 1.29 is 31.9 Å². The highest BCUT2D eigenvalue weighted by Crippen LogP contribution is 2.30. The first-order valence-electron chi connectivity index (χ1n) is 7.85. The molecule has 0 bridgehead atoms. The van der Waals surface area contributed by atoms with Gasteiger partial charge in [-0.1, -0.05) is 0 Å². The fraction of sp³-hybridized carbons (Fsp3) is 0.353. The van der Waals surface area contributed by atoms with Crippen LogP contribution in [0.15, 0.2) is 23.8 Å². The van der Waals surface area contributed by atoms with E-state index in [1.54, 1.807) is 0 Å². The molecule has 0 heterocycles. The molecule has 0 spiro atoms. The van der Waals surface area contributed by atoms with Gasteiger partial charge in [0.05, 0.1) is 24.8 Å². The minimum Gasteiger partial charge on any atom is -0.469 e. The molecule has 0 saturated carbocycles. The van der Waals surface area contributed by atoms with Gasteiger partial charge in [-0.2, -0.15) is 13.2 Å². The van der Waals surface area contributed by atoms with E-state index in [4.69, 9.17) is 5.41 Å². The molecule has 0 fully saturated rings. The third-order valence-corrected chi connectivity index (χ3v) is 3.36. The quantitative estimate of drug-likeness (QED) is 0.362. The van der Waals surface area contributed by atoms with Gasteiger partial charge in [-0.3, -0.25) is 9.59 Å². The van der Waals surface area contributed by atoms with E-state index in [-0.39, 0.29) is 36.9 Å². The number of hydrogen-bond donors (Lipinski definition) is 3. The predicted octanol–water partition coefficient (Wildman–Crippen LogP) is 2.65. The molecule has 148 valence electrons. The highest BCUT2D eigenvalue weighted by molar-refractivity contribution is 5.96. The lowest BCUT2D eigenvalue weighted by Crippen LogP contribution is -2.27. The molecular weight excluding hydrogens is 370 g/mol. The molecule has 1 aromatic rings. The molecule has 0 unspecified atom stereocenters. The van der Waals surface area contributed by atoms with Crippen molar-refractivity contribution in [2.45, 2.75) is 19.5 Å². The molecule has 0 aromatic heterocycles. The summed E-state index contributed by atoms with van der Waals surface area (Å²) in [6.45, 7) is 1.54. The third kappa shape index (κ3) is 6.39. The van der Waals surface area contributed by atoms with E-state index in [0.717, 1.165) is 18.2 Å². The van der Waals surface area contributed by atoms with Crippen LogP contribution in [-0.4, -0.2) is 44.5 Å². The lowest BCUT2D eigenvalue weighted by molar-refractivity contribution is -0.140. The number of allylic oxidation sites excluding steroid dienone is 1. The van der Waals surface area contributed by atoms with E-state index in [0.29, 0.717) is 0 Å². The monoisotopic (exact) mass is 389 g/mol. The lowest BCUT2D eigenvalue weighted by Gasteiger charge is -2.17. The van der Waals surface area contributed by atoms with Crippen LogP contribution in [0.1, 0.15) is 29.3 Å². The van der Waals surface area contributed by atoms with Crippen LogP contribution >= 0.6 is 0 Å². The Morgan fingerprint density at radius 3 is 2.33 bits per heavy atom. The Kier molecular flexibility index (Phi) is 7.95. The molecule has 3 N–H and O–H groups in total. The zero-order valence-corrected chi connectivity index (χ0v) is 14.7. The van der Waals surface area contributed by atoms with Crippen LogP contribution in [0.25, 0.3) is 5.70 Å². The number of halogens is 4. The van der Waals surface area contributed by atoms with Crippen LogP contribution in [0.2, 0.25) is 0 Å². The normalized spacial score (nSPS) is 12.1. The van der Waals surface area contributed by atoms with Gasteiger partial charge in [0.2, 0.25) is 0 Å². The summed E-state index contributed by atoms with van der Waals surface area (Å²) in [6, 6.07) is 2.76. The van der Waals surface area contributed by atoms with E-state index in [9.17, 15) is 27.2 Å². The van der Waals surface area contributed by atoms with Gasteiger partial charge in [-0.25, -0.2) is 4.39 Å². The summed E-state index contributed by atoms with van der Waals surface area (Å²) < 4.78 is 57.8. The standard InChI is InChI=1S/C17H19F4N3O3/c1-3-23-15(13(9-22)17(19,20)21)10-6-11(8-12(18)7-10)16(26)24-5-4-14(25)27-2/h6-9,22-23H,3-5H2,1-2H3,(H,24,26)/b15-13+,22-9?. The summed E-state index contributed by atoms with van der Waals surface area (Å²) in [5, 5.41) is 11.9. The number of ether oxygens (including phenoxy) is 1. The number of methoxy groups -OCH3 is 1. The fourth-order valence-corrected chi connectivity index (χ4v) is 2.17. The van der Waals surface area contributed by atoms with E-state index < -0.39 is 35.1 Å². The third-order valence-electron chi connectivity index (χ3n) is 3.36. The average Bonchev–Trinajstić information content (AvgIpc) is 2.59. The molecule has 0 aliphatic rings. The highest BCUT2D eigenvalue weighted by atomic mass is 19.4. The number of alkyl halides is 3. The second kappa shape index (κ2) is 9.70. The maximum Gasteiger partial charge on any atom is 0.419 e. The summed E-state index contributed by atoms with van der Waals surface area (Å²) >= 11 is 0. The average molecular weight is 389 g/mol. The largest absolute Gasteiger partial charge is 0.469 e. The molecule has 0 radical (unpaired) electrons. The molecule has 1 amide bonds. The highest BCUT2D eigenvalue weighted by Gasteiger charge is 2.35. The van der Waals surface area contributed by atoms with Gasteiger partial charge in [0, 0.05) is 30.4 Å². The van der Waals surface area contributed by atoms with E-state index >= 15 is 0 Å². The van der Waals surface area contributed by atoms with Gasteiger partial charge in [-0.05, 0) is 25.1 Å². The topological polar surface area (TPSA) is 91.3 Å². The molecule has 1 rings (SSSR count). The van der Waals surface area contributed by atoms with Gasteiger partial charge in [-0.15, -0.1) is 0 Å². The SMILES string of the molecule is CCN/C(=C(\C=N)C(F)(F)F)c1cc(F)cc(C(=O)NCCC(=O)OC)c1. The molecule has 27 heavy (non-hydrogen) atoms. The second-order valence-corrected chi connectivity index (χ2v) is 5.27. The second-order valence-electron chi connectivity index (χ2n) is 5.27. The van der Waals surface area contributed by atoms with Crippen LogP contribution < -0.4 is 10.6 Å². The minimum atomic E-state index is -4.84. The molecule has 10 heteroatoms. The Balaban J connectivity index is 3.25. The summed E-state index contributed by atoms with van der Waals surface area (Å²) in [5.41, 5.74) is -2.27. The molecule has 0 aliphatic carbocycles. The number of benzene rings is 1. The molecule has 6 nitrogen and oxygen atoms in total. The number of rotatable bonds is 8. The van der Waals surface area contributed by atoms with Gasteiger partial charge < -0.3 is 20.8 Å².